The Kier molecular flexibility index (Phi) is 6.46. The Morgan fingerprint density at radius 3 is 2.66 bits per heavy atom. The highest BCUT2D eigenvalue weighted by Crippen LogP contribution is 2.31. The lowest BCUT2D eigenvalue weighted by Crippen LogP contribution is -2.36. The first-order valence-corrected chi connectivity index (χ1v) is 13.7. The maximum atomic E-state index is 13.1. The molecule has 3 aromatic rings. The minimum atomic E-state index is -3.49. The van der Waals surface area contributed by atoms with Crippen LogP contribution in [0, 0.1) is 6.92 Å². The van der Waals surface area contributed by atoms with Crippen molar-refractivity contribution >= 4 is 32.5 Å². The Hall–Kier alpha value is -3.04. The van der Waals surface area contributed by atoms with Crippen molar-refractivity contribution < 1.29 is 13.2 Å². The summed E-state index contributed by atoms with van der Waals surface area (Å²) in [5.74, 6) is -0.0151. The Labute approximate surface area is 205 Å². The number of para-hydroxylation sites is 1. The van der Waals surface area contributed by atoms with E-state index in [-0.39, 0.29) is 11.5 Å². The van der Waals surface area contributed by atoms with Gasteiger partial charge in [-0.3, -0.25) is 14.2 Å². The van der Waals surface area contributed by atoms with Crippen LogP contribution in [0.5, 0.6) is 0 Å². The van der Waals surface area contributed by atoms with Crippen LogP contribution in [0.4, 0.5) is 5.69 Å². The van der Waals surface area contributed by atoms with Crippen molar-refractivity contribution in [1.29, 1.82) is 0 Å². The van der Waals surface area contributed by atoms with E-state index in [0.29, 0.717) is 54.8 Å². The molecule has 0 radical (unpaired) electrons. The number of fused-ring (bicyclic) bond motifs is 2. The van der Waals surface area contributed by atoms with E-state index in [0.717, 1.165) is 42.5 Å². The summed E-state index contributed by atoms with van der Waals surface area (Å²) < 4.78 is 29.0. The van der Waals surface area contributed by atoms with Crippen molar-refractivity contribution in [2.24, 2.45) is 0 Å². The number of aromatic nitrogens is 2. The zero-order valence-corrected chi connectivity index (χ0v) is 20.8. The van der Waals surface area contributed by atoms with Crippen molar-refractivity contribution in [3.63, 3.8) is 0 Å². The van der Waals surface area contributed by atoms with Crippen LogP contribution in [0.1, 0.15) is 43.2 Å². The first kappa shape index (κ1) is 23.7. The molecule has 1 amide bonds. The number of rotatable bonds is 6. The maximum Gasteiger partial charge on any atom is 0.261 e. The largest absolute Gasteiger partial charge is 0.312 e. The number of amides is 1. The van der Waals surface area contributed by atoms with Crippen LogP contribution in [-0.4, -0.2) is 47.8 Å². The zero-order chi connectivity index (χ0) is 24.6. The Bertz CT molecular complexity index is 1440. The number of aryl methyl sites for hydroxylation is 3. The van der Waals surface area contributed by atoms with E-state index in [1.807, 2.05) is 19.1 Å². The van der Waals surface area contributed by atoms with E-state index >= 15 is 0 Å². The van der Waals surface area contributed by atoms with Crippen LogP contribution in [0.15, 0.2) is 52.4 Å². The van der Waals surface area contributed by atoms with Crippen molar-refractivity contribution in [1.82, 2.24) is 13.9 Å². The molecule has 1 fully saturated rings. The molecule has 9 heteroatoms. The zero-order valence-electron chi connectivity index (χ0n) is 19.9. The summed E-state index contributed by atoms with van der Waals surface area (Å²) in [6.45, 7) is 4.09. The third-order valence-electron chi connectivity index (χ3n) is 7.02. The quantitative estimate of drug-likeness (QED) is 0.525. The minimum Gasteiger partial charge on any atom is -0.312 e. The van der Waals surface area contributed by atoms with Crippen LogP contribution in [-0.2, 0) is 27.8 Å². The molecule has 0 saturated carbocycles. The molecule has 0 N–H and O–H groups in total. The van der Waals surface area contributed by atoms with Gasteiger partial charge in [-0.1, -0.05) is 12.1 Å². The lowest BCUT2D eigenvalue weighted by molar-refractivity contribution is -0.118. The number of carbonyl (C=O) groups is 1. The average molecular weight is 495 g/mol. The predicted molar refractivity (Wildman–Crippen MR) is 135 cm³/mol. The number of sulfonamides is 1. The molecule has 0 aliphatic carbocycles. The Morgan fingerprint density at radius 2 is 1.86 bits per heavy atom. The van der Waals surface area contributed by atoms with E-state index in [9.17, 15) is 18.0 Å². The van der Waals surface area contributed by atoms with E-state index in [4.69, 9.17) is 0 Å². The Balaban J connectivity index is 1.28. The van der Waals surface area contributed by atoms with E-state index in [1.165, 1.54) is 0 Å². The maximum absolute atomic E-state index is 13.1. The lowest BCUT2D eigenvalue weighted by atomic mass is 10.0. The average Bonchev–Trinajstić information content (AvgIpc) is 3.41. The van der Waals surface area contributed by atoms with Crippen LogP contribution >= 0.6 is 0 Å². The molecule has 0 unspecified atom stereocenters. The third kappa shape index (κ3) is 4.50. The summed E-state index contributed by atoms with van der Waals surface area (Å²) in [5, 5.41) is 0.587. The van der Waals surface area contributed by atoms with Gasteiger partial charge >= 0.3 is 0 Å². The molecule has 0 bridgehead atoms. The standard InChI is InChI=1S/C26H30N4O4S/c1-19-7-4-9-22-25(19)27-18-28(26(22)32)13-6-10-24(31)30-16-5-8-20-17-21(11-12-23(20)30)35(33,34)29-14-2-3-15-29/h4,7,9,11-12,17-18H,2-3,5-6,8,10,13-16H2,1H3. The van der Waals surface area contributed by atoms with Crippen molar-refractivity contribution in [3.05, 3.63) is 64.2 Å². The smallest absolute Gasteiger partial charge is 0.261 e. The van der Waals surface area contributed by atoms with E-state index in [2.05, 4.69) is 4.98 Å². The first-order valence-electron chi connectivity index (χ1n) is 12.2. The molecule has 3 heterocycles. The topological polar surface area (TPSA) is 92.6 Å². The normalized spacial score (nSPS) is 16.5. The van der Waals surface area contributed by atoms with Gasteiger partial charge in [-0.25, -0.2) is 13.4 Å². The van der Waals surface area contributed by atoms with Gasteiger partial charge in [0.15, 0.2) is 0 Å². The van der Waals surface area contributed by atoms with E-state index < -0.39 is 10.0 Å². The van der Waals surface area contributed by atoms with Gasteiger partial charge in [0, 0.05) is 38.3 Å². The molecular weight excluding hydrogens is 464 g/mol. The summed E-state index contributed by atoms with van der Waals surface area (Å²) in [4.78, 5) is 32.4. The second kappa shape index (κ2) is 9.54. The molecule has 2 aromatic carbocycles. The monoisotopic (exact) mass is 494 g/mol. The summed E-state index contributed by atoms with van der Waals surface area (Å²) in [5.41, 5.74) is 3.26. The fourth-order valence-electron chi connectivity index (χ4n) is 5.10. The van der Waals surface area contributed by atoms with Gasteiger partial charge < -0.3 is 4.90 Å². The molecule has 35 heavy (non-hydrogen) atoms. The second-order valence-corrected chi connectivity index (χ2v) is 11.3. The third-order valence-corrected chi connectivity index (χ3v) is 8.91. The lowest BCUT2D eigenvalue weighted by Gasteiger charge is -2.30. The second-order valence-electron chi connectivity index (χ2n) is 9.37. The molecule has 8 nitrogen and oxygen atoms in total. The Morgan fingerprint density at radius 1 is 1.06 bits per heavy atom. The molecule has 2 aliphatic rings. The van der Waals surface area contributed by atoms with Gasteiger partial charge in [0.1, 0.15) is 0 Å². The fraction of sp³-hybridized carbons (Fsp3) is 0.423. The highest BCUT2D eigenvalue weighted by atomic mass is 32.2. The van der Waals surface area contributed by atoms with Gasteiger partial charge in [0.05, 0.1) is 22.1 Å². The summed E-state index contributed by atoms with van der Waals surface area (Å²) >= 11 is 0. The molecule has 0 spiro atoms. The van der Waals surface area contributed by atoms with Gasteiger partial charge in [-0.05, 0) is 74.4 Å². The molecule has 1 aromatic heterocycles. The van der Waals surface area contributed by atoms with Gasteiger partial charge in [-0.2, -0.15) is 4.31 Å². The van der Waals surface area contributed by atoms with Crippen LogP contribution in [0.2, 0.25) is 0 Å². The summed E-state index contributed by atoms with van der Waals surface area (Å²) in [7, 11) is -3.49. The van der Waals surface area contributed by atoms with Crippen molar-refractivity contribution in [2.45, 2.75) is 56.9 Å². The number of carbonyl (C=O) groups excluding carboxylic acids is 1. The first-order chi connectivity index (χ1) is 16.9. The van der Waals surface area contributed by atoms with Crippen LogP contribution in [0.3, 0.4) is 0 Å². The van der Waals surface area contributed by atoms with Crippen molar-refractivity contribution in [3.8, 4) is 0 Å². The number of hydrogen-bond acceptors (Lipinski definition) is 5. The van der Waals surface area contributed by atoms with Gasteiger partial charge in [0.2, 0.25) is 15.9 Å². The molecular formula is C26H30N4O4S. The van der Waals surface area contributed by atoms with Crippen LogP contribution < -0.4 is 10.5 Å². The highest BCUT2D eigenvalue weighted by molar-refractivity contribution is 7.89. The number of anilines is 1. The van der Waals surface area contributed by atoms with Gasteiger partial charge in [-0.15, -0.1) is 0 Å². The minimum absolute atomic E-state index is 0.0151. The fourth-order valence-corrected chi connectivity index (χ4v) is 6.67. The van der Waals surface area contributed by atoms with Gasteiger partial charge in [0.25, 0.3) is 5.56 Å². The summed E-state index contributed by atoms with van der Waals surface area (Å²) in [6.07, 6.45) is 5.71. The molecule has 184 valence electrons. The number of hydrogen-bond donors (Lipinski definition) is 0. The SMILES string of the molecule is Cc1cccc2c(=O)n(CCCC(=O)N3CCCc4cc(S(=O)(=O)N5CCCC5)ccc43)cnc12. The highest BCUT2D eigenvalue weighted by Gasteiger charge is 2.29. The van der Waals surface area contributed by atoms with Crippen molar-refractivity contribution in [2.75, 3.05) is 24.5 Å². The molecule has 1 saturated heterocycles. The molecule has 0 atom stereocenters. The molecule has 5 rings (SSSR count). The number of benzene rings is 2. The van der Waals surface area contributed by atoms with E-state index in [1.54, 1.807) is 44.4 Å². The summed E-state index contributed by atoms with van der Waals surface area (Å²) in [6, 6.07) is 10.7. The number of nitrogens with zero attached hydrogens (tertiary/aromatic N) is 4. The predicted octanol–water partition coefficient (Wildman–Crippen LogP) is 3.25. The van der Waals surface area contributed by atoms with Crippen LogP contribution in [0.25, 0.3) is 10.9 Å². The molecule has 2 aliphatic heterocycles.